The van der Waals surface area contributed by atoms with Crippen LogP contribution < -0.4 is 15.0 Å². The number of carbonyl (C=O) groups excluding carboxylic acids is 2. The summed E-state index contributed by atoms with van der Waals surface area (Å²) in [5, 5.41) is 2.61. The van der Waals surface area contributed by atoms with Gasteiger partial charge >= 0.3 is 12.6 Å². The monoisotopic (exact) mass is 394 g/mol. The standard InChI is InChI=1S/C18H20F2N4O4/c1-24(18-22-8-2-9-23-18)11-16(26)27-12-15(25)21-10-7-13-3-5-14(6-4-13)28-17(19)20/h2-6,8-9,17H,7,10-12H2,1H3,(H,21,25). The fourth-order valence-corrected chi connectivity index (χ4v) is 2.18. The van der Waals surface area contributed by atoms with E-state index in [0.717, 1.165) is 5.56 Å². The summed E-state index contributed by atoms with van der Waals surface area (Å²) in [6, 6.07) is 7.78. The highest BCUT2D eigenvalue weighted by Gasteiger charge is 2.12. The Kier molecular flexibility index (Phi) is 8.07. The number of hydrogen-bond donors (Lipinski definition) is 1. The van der Waals surface area contributed by atoms with Crippen molar-refractivity contribution in [2.45, 2.75) is 13.0 Å². The molecule has 0 aliphatic heterocycles. The van der Waals surface area contributed by atoms with Crippen molar-refractivity contribution < 1.29 is 27.8 Å². The molecule has 0 saturated carbocycles. The van der Waals surface area contributed by atoms with Gasteiger partial charge in [-0.05, 0) is 30.2 Å². The van der Waals surface area contributed by atoms with Crippen LogP contribution in [-0.2, 0) is 20.7 Å². The van der Waals surface area contributed by atoms with Gasteiger partial charge in [-0.25, -0.2) is 9.97 Å². The topological polar surface area (TPSA) is 93.7 Å². The zero-order valence-electron chi connectivity index (χ0n) is 15.2. The number of alkyl halides is 2. The van der Waals surface area contributed by atoms with Gasteiger partial charge in [0, 0.05) is 26.0 Å². The summed E-state index contributed by atoms with van der Waals surface area (Å²) in [5.41, 5.74) is 0.836. The van der Waals surface area contributed by atoms with E-state index in [1.165, 1.54) is 17.0 Å². The number of likely N-dealkylation sites (N-methyl/N-ethyl adjacent to an activating group) is 1. The number of halogens is 2. The summed E-state index contributed by atoms with van der Waals surface area (Å²) in [5.74, 6) is -0.584. The van der Waals surface area contributed by atoms with E-state index in [1.54, 1.807) is 37.6 Å². The molecule has 0 spiro atoms. The Hall–Kier alpha value is -3.30. The highest BCUT2D eigenvalue weighted by molar-refractivity contribution is 5.81. The Balaban J connectivity index is 1.63. The lowest BCUT2D eigenvalue weighted by Gasteiger charge is -2.15. The van der Waals surface area contributed by atoms with Crippen LogP contribution in [0.5, 0.6) is 5.75 Å². The minimum absolute atomic E-state index is 0.0700. The summed E-state index contributed by atoms with van der Waals surface area (Å²) < 4.78 is 33.3. The van der Waals surface area contributed by atoms with E-state index in [0.29, 0.717) is 18.9 Å². The molecule has 8 nitrogen and oxygen atoms in total. The Bertz CT molecular complexity index is 760. The van der Waals surface area contributed by atoms with Crippen LogP contribution in [0.25, 0.3) is 0 Å². The predicted molar refractivity (Wildman–Crippen MR) is 96.0 cm³/mol. The van der Waals surface area contributed by atoms with E-state index >= 15 is 0 Å². The van der Waals surface area contributed by atoms with E-state index in [1.807, 2.05) is 0 Å². The maximum atomic E-state index is 12.1. The summed E-state index contributed by atoms with van der Waals surface area (Å²) in [6.45, 7) is -3.05. The van der Waals surface area contributed by atoms with Gasteiger partial charge in [0.15, 0.2) is 6.61 Å². The molecule has 10 heteroatoms. The van der Waals surface area contributed by atoms with Crippen molar-refractivity contribution in [1.82, 2.24) is 15.3 Å². The second kappa shape index (κ2) is 10.8. The van der Waals surface area contributed by atoms with E-state index in [9.17, 15) is 18.4 Å². The van der Waals surface area contributed by atoms with Crippen LogP contribution in [0.4, 0.5) is 14.7 Å². The fraction of sp³-hybridized carbons (Fsp3) is 0.333. The molecule has 0 saturated heterocycles. The molecule has 1 aromatic heterocycles. The molecule has 0 aliphatic rings. The number of hydrogen-bond acceptors (Lipinski definition) is 7. The lowest BCUT2D eigenvalue weighted by Crippen LogP contribution is -2.33. The molecule has 150 valence electrons. The number of benzene rings is 1. The Morgan fingerprint density at radius 2 is 1.86 bits per heavy atom. The van der Waals surface area contributed by atoms with Gasteiger partial charge in [0.1, 0.15) is 12.3 Å². The number of amides is 1. The first-order chi connectivity index (χ1) is 13.4. The number of aromatic nitrogens is 2. The Morgan fingerprint density at radius 3 is 2.50 bits per heavy atom. The largest absolute Gasteiger partial charge is 0.454 e. The van der Waals surface area contributed by atoms with Gasteiger partial charge < -0.3 is 19.7 Å². The van der Waals surface area contributed by atoms with Crippen LogP contribution in [0.3, 0.4) is 0 Å². The van der Waals surface area contributed by atoms with Gasteiger partial charge in [-0.15, -0.1) is 0 Å². The summed E-state index contributed by atoms with van der Waals surface area (Å²) in [7, 11) is 1.63. The van der Waals surface area contributed by atoms with Crippen LogP contribution in [-0.4, -0.2) is 55.2 Å². The molecule has 1 aromatic carbocycles. The number of nitrogens with zero attached hydrogens (tertiary/aromatic N) is 3. The van der Waals surface area contributed by atoms with Gasteiger partial charge in [0.25, 0.3) is 5.91 Å². The molecule has 1 N–H and O–H groups in total. The van der Waals surface area contributed by atoms with Crippen LogP contribution >= 0.6 is 0 Å². The highest BCUT2D eigenvalue weighted by Crippen LogP contribution is 2.14. The maximum Gasteiger partial charge on any atom is 0.387 e. The molecule has 0 unspecified atom stereocenters. The first kappa shape index (κ1) is 21.0. The average Bonchev–Trinajstić information content (AvgIpc) is 2.68. The maximum absolute atomic E-state index is 12.1. The van der Waals surface area contributed by atoms with Crippen molar-refractivity contribution in [1.29, 1.82) is 0 Å². The minimum atomic E-state index is -2.87. The number of ether oxygens (including phenoxy) is 2. The zero-order valence-corrected chi connectivity index (χ0v) is 15.2. The predicted octanol–water partition coefficient (Wildman–Crippen LogP) is 1.42. The zero-order chi connectivity index (χ0) is 20.4. The Labute approximate surface area is 160 Å². The van der Waals surface area contributed by atoms with Crippen molar-refractivity contribution >= 4 is 17.8 Å². The molecule has 0 atom stereocenters. The normalized spacial score (nSPS) is 10.4. The van der Waals surface area contributed by atoms with Crippen molar-refractivity contribution in [3.8, 4) is 5.75 Å². The smallest absolute Gasteiger partial charge is 0.387 e. The van der Waals surface area contributed by atoms with Gasteiger partial charge in [0.05, 0.1) is 0 Å². The Morgan fingerprint density at radius 1 is 1.18 bits per heavy atom. The molecule has 2 aromatic rings. The summed E-state index contributed by atoms with van der Waals surface area (Å²) >= 11 is 0. The molecule has 0 aliphatic carbocycles. The van der Waals surface area contributed by atoms with Crippen molar-refractivity contribution in [2.24, 2.45) is 0 Å². The summed E-state index contributed by atoms with van der Waals surface area (Å²) in [4.78, 5) is 33.0. The van der Waals surface area contributed by atoms with E-state index < -0.39 is 25.1 Å². The number of esters is 1. The van der Waals surface area contributed by atoms with Gasteiger partial charge in [-0.3, -0.25) is 9.59 Å². The molecule has 2 rings (SSSR count). The first-order valence-electron chi connectivity index (χ1n) is 8.38. The number of anilines is 1. The quantitative estimate of drug-likeness (QED) is 0.609. The molecule has 28 heavy (non-hydrogen) atoms. The van der Waals surface area contributed by atoms with Crippen LogP contribution in [0, 0.1) is 0 Å². The van der Waals surface area contributed by atoms with Gasteiger partial charge in [0.2, 0.25) is 5.95 Å². The molecular formula is C18H20F2N4O4. The van der Waals surface area contributed by atoms with Gasteiger partial charge in [-0.1, -0.05) is 12.1 Å². The van der Waals surface area contributed by atoms with Crippen LogP contribution in [0.1, 0.15) is 5.56 Å². The fourth-order valence-electron chi connectivity index (χ4n) is 2.18. The van der Waals surface area contributed by atoms with Crippen molar-refractivity contribution in [3.63, 3.8) is 0 Å². The lowest BCUT2D eigenvalue weighted by molar-refractivity contribution is -0.147. The number of nitrogens with one attached hydrogen (secondary N) is 1. The van der Waals surface area contributed by atoms with E-state index in [4.69, 9.17) is 4.74 Å². The lowest BCUT2D eigenvalue weighted by atomic mass is 10.1. The third-order valence-electron chi connectivity index (χ3n) is 3.51. The molecule has 0 bridgehead atoms. The first-order valence-corrected chi connectivity index (χ1v) is 8.38. The summed E-state index contributed by atoms with van der Waals surface area (Å²) in [6.07, 6.45) is 3.59. The minimum Gasteiger partial charge on any atom is -0.454 e. The SMILES string of the molecule is CN(CC(=O)OCC(=O)NCCc1ccc(OC(F)F)cc1)c1ncccn1. The molecule has 1 heterocycles. The van der Waals surface area contributed by atoms with Gasteiger partial charge in [-0.2, -0.15) is 8.78 Å². The third kappa shape index (κ3) is 7.52. The van der Waals surface area contributed by atoms with Crippen molar-refractivity contribution in [3.05, 3.63) is 48.3 Å². The number of rotatable bonds is 10. The molecular weight excluding hydrogens is 374 g/mol. The average molecular weight is 394 g/mol. The van der Waals surface area contributed by atoms with E-state index in [2.05, 4.69) is 20.0 Å². The molecule has 0 fully saturated rings. The van der Waals surface area contributed by atoms with Crippen LogP contribution in [0.2, 0.25) is 0 Å². The molecule has 0 radical (unpaired) electrons. The van der Waals surface area contributed by atoms with Crippen molar-refractivity contribution in [2.75, 3.05) is 31.6 Å². The van der Waals surface area contributed by atoms with Crippen LogP contribution in [0.15, 0.2) is 42.7 Å². The second-order valence-electron chi connectivity index (χ2n) is 5.69. The molecule has 1 amide bonds. The highest BCUT2D eigenvalue weighted by atomic mass is 19.3. The number of carbonyl (C=O) groups is 2. The second-order valence-corrected chi connectivity index (χ2v) is 5.69. The van der Waals surface area contributed by atoms with E-state index in [-0.39, 0.29) is 12.3 Å². The third-order valence-corrected chi connectivity index (χ3v) is 3.51.